The number of aromatic nitrogens is 1. The maximum Gasteiger partial charge on any atom is 0.325 e. The van der Waals surface area contributed by atoms with Crippen LogP contribution in [0.3, 0.4) is 0 Å². The fourth-order valence-electron chi connectivity index (χ4n) is 3.05. The number of carbonyl (C=O) groups excluding carboxylic acids is 2. The van der Waals surface area contributed by atoms with E-state index in [1.165, 1.54) is 10.5 Å². The Balaban J connectivity index is 1.59. The first-order valence-corrected chi connectivity index (χ1v) is 9.58. The van der Waals surface area contributed by atoms with Crippen molar-refractivity contribution in [2.45, 2.75) is 46.0 Å². The quantitative estimate of drug-likeness (QED) is 0.846. The van der Waals surface area contributed by atoms with E-state index in [0.717, 1.165) is 11.4 Å². The summed E-state index contributed by atoms with van der Waals surface area (Å²) in [7, 11) is 0. The van der Waals surface area contributed by atoms with E-state index in [-0.39, 0.29) is 23.9 Å². The number of rotatable bonds is 5. The molecule has 0 saturated carbocycles. The van der Waals surface area contributed by atoms with E-state index in [4.69, 9.17) is 4.52 Å². The molecule has 2 heterocycles. The molecule has 0 spiro atoms. The lowest BCUT2D eigenvalue weighted by Crippen LogP contribution is -2.37. The highest BCUT2D eigenvalue weighted by Crippen LogP contribution is 2.25. The van der Waals surface area contributed by atoms with E-state index in [1.54, 1.807) is 11.0 Å². The molecule has 0 unspecified atom stereocenters. The summed E-state index contributed by atoms with van der Waals surface area (Å²) < 4.78 is 5.18. The Morgan fingerprint density at radius 2 is 1.89 bits per heavy atom. The molecular weight excluding hydrogens is 356 g/mol. The molecule has 1 fully saturated rings. The van der Waals surface area contributed by atoms with Crippen LogP contribution in [-0.4, -0.2) is 41.6 Å². The van der Waals surface area contributed by atoms with Crippen LogP contribution in [0.5, 0.6) is 0 Å². The molecule has 1 saturated heterocycles. The third kappa shape index (κ3) is 4.35. The van der Waals surface area contributed by atoms with Crippen molar-refractivity contribution in [2.75, 3.05) is 29.9 Å². The Morgan fingerprint density at radius 3 is 2.46 bits per heavy atom. The van der Waals surface area contributed by atoms with Crippen molar-refractivity contribution in [3.8, 4) is 0 Å². The van der Waals surface area contributed by atoms with E-state index in [9.17, 15) is 9.59 Å². The minimum Gasteiger partial charge on any atom is -0.338 e. The first-order chi connectivity index (χ1) is 13.1. The van der Waals surface area contributed by atoms with Gasteiger partial charge in [0.25, 0.3) is 0 Å². The molecule has 1 aromatic carbocycles. The van der Waals surface area contributed by atoms with Crippen molar-refractivity contribution in [3.63, 3.8) is 0 Å². The number of carbonyl (C=O) groups is 2. The third-order valence-corrected chi connectivity index (χ3v) is 4.84. The smallest absolute Gasteiger partial charge is 0.325 e. The molecular formula is C21H28N4O3. The Labute approximate surface area is 165 Å². The molecule has 7 heteroatoms. The Kier molecular flexibility index (Phi) is 5.45. The monoisotopic (exact) mass is 384 g/mol. The standard InChI is InChI=1S/C21H28N4O3/c1-14(2)15-6-8-16(9-7-15)25-11-10-24(20(25)27)13-18(26)22-19-12-17(23-28-19)21(3,4)5/h6-9,12,14H,10-11,13H2,1-5H3,(H,22,26). The molecule has 3 rings (SSSR count). The summed E-state index contributed by atoms with van der Waals surface area (Å²) >= 11 is 0. The molecule has 0 aliphatic carbocycles. The Morgan fingerprint density at radius 1 is 1.21 bits per heavy atom. The van der Waals surface area contributed by atoms with E-state index in [0.29, 0.717) is 24.9 Å². The molecule has 1 aromatic heterocycles. The number of nitrogens with one attached hydrogen (secondary N) is 1. The van der Waals surface area contributed by atoms with Gasteiger partial charge in [-0.1, -0.05) is 51.9 Å². The second-order valence-electron chi connectivity index (χ2n) is 8.48. The van der Waals surface area contributed by atoms with Gasteiger partial charge in [0.15, 0.2) is 0 Å². The van der Waals surface area contributed by atoms with Gasteiger partial charge in [-0.2, -0.15) is 0 Å². The number of hydrogen-bond donors (Lipinski definition) is 1. The summed E-state index contributed by atoms with van der Waals surface area (Å²) in [6.07, 6.45) is 0. The zero-order valence-corrected chi connectivity index (χ0v) is 17.2. The average molecular weight is 384 g/mol. The highest BCUT2D eigenvalue weighted by molar-refractivity contribution is 5.99. The highest BCUT2D eigenvalue weighted by Gasteiger charge is 2.31. The summed E-state index contributed by atoms with van der Waals surface area (Å²) in [5, 5.41) is 6.66. The van der Waals surface area contributed by atoms with Crippen LogP contribution >= 0.6 is 0 Å². The molecule has 2 aromatic rings. The molecule has 150 valence electrons. The number of nitrogens with zero attached hydrogens (tertiary/aromatic N) is 3. The molecule has 1 aliphatic rings. The molecule has 3 amide bonds. The van der Waals surface area contributed by atoms with Crippen LogP contribution in [0.4, 0.5) is 16.4 Å². The normalized spacial score (nSPS) is 14.9. The van der Waals surface area contributed by atoms with Gasteiger partial charge < -0.3 is 9.42 Å². The summed E-state index contributed by atoms with van der Waals surface area (Å²) in [5.74, 6) is 0.433. The van der Waals surface area contributed by atoms with Gasteiger partial charge in [0.2, 0.25) is 11.8 Å². The summed E-state index contributed by atoms with van der Waals surface area (Å²) in [6.45, 7) is 11.4. The molecule has 0 radical (unpaired) electrons. The predicted octanol–water partition coefficient (Wildman–Crippen LogP) is 3.98. The topological polar surface area (TPSA) is 78.7 Å². The van der Waals surface area contributed by atoms with Gasteiger partial charge in [0.05, 0.1) is 5.69 Å². The molecule has 1 N–H and O–H groups in total. The van der Waals surface area contributed by atoms with Crippen molar-refractivity contribution in [2.24, 2.45) is 0 Å². The minimum atomic E-state index is -0.304. The Hall–Kier alpha value is -2.83. The van der Waals surface area contributed by atoms with Crippen molar-refractivity contribution in [3.05, 3.63) is 41.6 Å². The Bertz CT molecular complexity index is 849. The number of benzene rings is 1. The van der Waals surface area contributed by atoms with Crippen LogP contribution in [0.25, 0.3) is 0 Å². The summed E-state index contributed by atoms with van der Waals surface area (Å²) in [6, 6.07) is 9.55. The van der Waals surface area contributed by atoms with Crippen LogP contribution < -0.4 is 10.2 Å². The van der Waals surface area contributed by atoms with Gasteiger partial charge in [-0.15, -0.1) is 0 Å². The number of hydrogen-bond acceptors (Lipinski definition) is 4. The molecule has 0 bridgehead atoms. The first kappa shape index (κ1) is 19.9. The zero-order chi connectivity index (χ0) is 20.5. The maximum absolute atomic E-state index is 12.7. The van der Waals surface area contributed by atoms with Crippen molar-refractivity contribution >= 4 is 23.5 Å². The second kappa shape index (κ2) is 7.66. The molecule has 7 nitrogen and oxygen atoms in total. The van der Waals surface area contributed by atoms with Crippen LogP contribution in [0.1, 0.15) is 51.8 Å². The molecule has 1 aliphatic heterocycles. The van der Waals surface area contributed by atoms with Gasteiger partial charge in [0, 0.05) is 30.3 Å². The predicted molar refractivity (Wildman–Crippen MR) is 109 cm³/mol. The van der Waals surface area contributed by atoms with E-state index in [1.807, 2.05) is 45.0 Å². The van der Waals surface area contributed by atoms with Crippen LogP contribution in [0.2, 0.25) is 0 Å². The first-order valence-electron chi connectivity index (χ1n) is 9.58. The SMILES string of the molecule is CC(C)c1ccc(N2CCN(CC(=O)Nc3cc(C(C)(C)C)no3)C2=O)cc1. The molecule has 28 heavy (non-hydrogen) atoms. The van der Waals surface area contributed by atoms with Gasteiger partial charge in [-0.05, 0) is 23.6 Å². The fraction of sp³-hybridized carbons (Fsp3) is 0.476. The van der Waals surface area contributed by atoms with Gasteiger partial charge in [-0.25, -0.2) is 4.79 Å². The molecule has 0 atom stereocenters. The van der Waals surface area contributed by atoms with Crippen molar-refractivity contribution in [1.82, 2.24) is 10.1 Å². The highest BCUT2D eigenvalue weighted by atomic mass is 16.5. The van der Waals surface area contributed by atoms with Crippen LogP contribution in [0, 0.1) is 0 Å². The number of anilines is 2. The van der Waals surface area contributed by atoms with E-state index in [2.05, 4.69) is 24.3 Å². The lowest BCUT2D eigenvalue weighted by Gasteiger charge is -2.18. The second-order valence-corrected chi connectivity index (χ2v) is 8.48. The van der Waals surface area contributed by atoms with E-state index >= 15 is 0 Å². The largest absolute Gasteiger partial charge is 0.338 e. The van der Waals surface area contributed by atoms with Gasteiger partial charge >= 0.3 is 6.03 Å². The lowest BCUT2D eigenvalue weighted by molar-refractivity contribution is -0.116. The minimum absolute atomic E-state index is 0.0229. The fourth-order valence-corrected chi connectivity index (χ4v) is 3.05. The van der Waals surface area contributed by atoms with Crippen LogP contribution in [-0.2, 0) is 10.2 Å². The summed E-state index contributed by atoms with van der Waals surface area (Å²) in [4.78, 5) is 28.2. The van der Waals surface area contributed by atoms with Crippen molar-refractivity contribution < 1.29 is 14.1 Å². The maximum atomic E-state index is 12.7. The van der Waals surface area contributed by atoms with Crippen LogP contribution in [0.15, 0.2) is 34.9 Å². The van der Waals surface area contributed by atoms with E-state index < -0.39 is 0 Å². The third-order valence-electron chi connectivity index (χ3n) is 4.84. The summed E-state index contributed by atoms with van der Waals surface area (Å²) in [5.41, 5.74) is 2.68. The average Bonchev–Trinajstić information content (AvgIpc) is 3.22. The van der Waals surface area contributed by atoms with Gasteiger partial charge in [0.1, 0.15) is 6.54 Å². The number of urea groups is 1. The lowest BCUT2D eigenvalue weighted by atomic mass is 9.92. The van der Waals surface area contributed by atoms with Crippen molar-refractivity contribution in [1.29, 1.82) is 0 Å². The number of amides is 3. The zero-order valence-electron chi connectivity index (χ0n) is 17.2. The van der Waals surface area contributed by atoms with Gasteiger partial charge in [-0.3, -0.25) is 15.0 Å².